The van der Waals surface area contributed by atoms with Gasteiger partial charge in [0.1, 0.15) is 5.82 Å². The van der Waals surface area contributed by atoms with Gasteiger partial charge in [0.05, 0.1) is 5.69 Å². The molecule has 2 aromatic heterocycles. The van der Waals surface area contributed by atoms with Crippen molar-refractivity contribution in [1.29, 1.82) is 0 Å². The predicted molar refractivity (Wildman–Crippen MR) is 63.6 cm³/mol. The lowest BCUT2D eigenvalue weighted by Gasteiger charge is -2.00. The van der Waals surface area contributed by atoms with Gasteiger partial charge in [0.15, 0.2) is 5.65 Å². The van der Waals surface area contributed by atoms with Gasteiger partial charge in [-0.25, -0.2) is 9.49 Å². The summed E-state index contributed by atoms with van der Waals surface area (Å²) < 4.78 is 14.8. The largest absolute Gasteiger partial charge is 0.250 e. The van der Waals surface area contributed by atoms with Gasteiger partial charge >= 0.3 is 0 Å². The molecule has 4 nitrogen and oxygen atoms in total. The summed E-state index contributed by atoms with van der Waals surface area (Å²) in [5, 5.41) is 11.0. The van der Waals surface area contributed by atoms with Gasteiger partial charge in [-0.2, -0.15) is 14.7 Å². The molecule has 0 aliphatic rings. The molecule has 2 heterocycles. The maximum Gasteiger partial charge on any atom is 0.216 e. The lowest BCUT2D eigenvalue weighted by Crippen LogP contribution is -1.94. The number of H-pyrrole nitrogens is 1. The number of nitrogens with zero attached hydrogens (tertiary/aromatic N) is 3. The Morgan fingerprint density at radius 2 is 1.88 bits per heavy atom. The molecule has 0 amide bonds. The van der Waals surface area contributed by atoms with Crippen LogP contribution in [0.1, 0.15) is 0 Å². The van der Waals surface area contributed by atoms with Gasteiger partial charge in [-0.3, -0.25) is 0 Å². The molecule has 0 unspecified atom stereocenters. The first-order valence-corrected chi connectivity index (χ1v) is 5.35. The standard InChI is InChI=1S/C11H7FN4S/c12-8-3-1-7(2-4-8)9-5-6-10-13-14-11(17)16(10)15-9/h1-6H,(H,14,17). The third-order valence-electron chi connectivity index (χ3n) is 2.41. The zero-order valence-corrected chi connectivity index (χ0v) is 9.41. The number of aromatic amines is 1. The number of halogens is 1. The fourth-order valence-electron chi connectivity index (χ4n) is 1.58. The van der Waals surface area contributed by atoms with E-state index in [9.17, 15) is 4.39 Å². The third kappa shape index (κ3) is 1.72. The molecule has 0 radical (unpaired) electrons. The van der Waals surface area contributed by atoms with E-state index in [0.29, 0.717) is 10.4 Å². The van der Waals surface area contributed by atoms with Crippen LogP contribution in [-0.2, 0) is 0 Å². The number of nitrogens with one attached hydrogen (secondary N) is 1. The van der Waals surface area contributed by atoms with Gasteiger partial charge in [-0.1, -0.05) is 0 Å². The number of aromatic nitrogens is 4. The fraction of sp³-hybridized carbons (Fsp3) is 0. The van der Waals surface area contributed by atoms with E-state index < -0.39 is 0 Å². The average Bonchev–Trinajstić information content (AvgIpc) is 2.72. The normalized spacial score (nSPS) is 10.9. The zero-order valence-electron chi connectivity index (χ0n) is 8.59. The van der Waals surface area contributed by atoms with E-state index in [1.807, 2.05) is 6.07 Å². The number of hydrogen-bond donors (Lipinski definition) is 1. The van der Waals surface area contributed by atoms with Crippen molar-refractivity contribution in [2.24, 2.45) is 0 Å². The van der Waals surface area contributed by atoms with E-state index in [0.717, 1.165) is 11.3 Å². The van der Waals surface area contributed by atoms with Crippen LogP contribution < -0.4 is 0 Å². The van der Waals surface area contributed by atoms with Gasteiger partial charge < -0.3 is 0 Å². The highest BCUT2D eigenvalue weighted by Gasteiger charge is 2.03. The van der Waals surface area contributed by atoms with Gasteiger partial charge in [0, 0.05) is 5.56 Å². The van der Waals surface area contributed by atoms with Crippen molar-refractivity contribution in [2.75, 3.05) is 0 Å². The van der Waals surface area contributed by atoms with Crippen LogP contribution in [0.5, 0.6) is 0 Å². The number of hydrogen-bond acceptors (Lipinski definition) is 3. The predicted octanol–water partition coefficient (Wildman–Crippen LogP) is 2.59. The van der Waals surface area contributed by atoms with E-state index >= 15 is 0 Å². The summed E-state index contributed by atoms with van der Waals surface area (Å²) in [5.74, 6) is -0.269. The van der Waals surface area contributed by atoms with Crippen LogP contribution in [0, 0.1) is 10.6 Å². The summed E-state index contributed by atoms with van der Waals surface area (Å²) in [6, 6.07) is 9.77. The van der Waals surface area contributed by atoms with Gasteiger partial charge in [-0.05, 0) is 48.6 Å². The van der Waals surface area contributed by atoms with Crippen LogP contribution in [-0.4, -0.2) is 19.8 Å². The van der Waals surface area contributed by atoms with Crippen LogP contribution in [0.3, 0.4) is 0 Å². The lowest BCUT2D eigenvalue weighted by molar-refractivity contribution is 0.628. The third-order valence-corrected chi connectivity index (χ3v) is 2.68. The molecule has 1 N–H and O–H groups in total. The van der Waals surface area contributed by atoms with Crippen molar-refractivity contribution in [3.8, 4) is 11.3 Å². The molecule has 0 spiro atoms. The first-order valence-electron chi connectivity index (χ1n) is 4.94. The molecule has 1 aromatic carbocycles. The quantitative estimate of drug-likeness (QED) is 0.671. The highest BCUT2D eigenvalue weighted by Crippen LogP contribution is 2.17. The average molecular weight is 246 g/mol. The van der Waals surface area contributed by atoms with Crippen LogP contribution in [0.2, 0.25) is 0 Å². The molecule has 0 aliphatic carbocycles. The molecule has 3 aromatic rings. The Kier molecular flexibility index (Phi) is 2.22. The second kappa shape index (κ2) is 3.74. The molecule has 3 rings (SSSR count). The van der Waals surface area contributed by atoms with Crippen LogP contribution in [0.25, 0.3) is 16.9 Å². The van der Waals surface area contributed by atoms with Crippen molar-refractivity contribution in [2.45, 2.75) is 0 Å². The van der Waals surface area contributed by atoms with Crippen molar-refractivity contribution in [3.05, 3.63) is 47.0 Å². The van der Waals surface area contributed by atoms with Gasteiger partial charge in [0.25, 0.3) is 0 Å². The minimum Gasteiger partial charge on any atom is -0.250 e. The summed E-state index contributed by atoms with van der Waals surface area (Å²) in [4.78, 5) is 0. The Balaban J connectivity index is 2.20. The molecule has 0 fully saturated rings. The fourth-order valence-corrected chi connectivity index (χ4v) is 1.76. The number of benzene rings is 1. The summed E-state index contributed by atoms with van der Waals surface area (Å²) in [6.07, 6.45) is 0. The van der Waals surface area contributed by atoms with E-state index in [2.05, 4.69) is 15.3 Å². The van der Waals surface area contributed by atoms with Crippen molar-refractivity contribution < 1.29 is 4.39 Å². The van der Waals surface area contributed by atoms with E-state index in [1.165, 1.54) is 16.6 Å². The summed E-state index contributed by atoms with van der Waals surface area (Å²) >= 11 is 5.04. The van der Waals surface area contributed by atoms with Crippen molar-refractivity contribution >= 4 is 17.9 Å². The number of fused-ring (bicyclic) bond motifs is 1. The minimum atomic E-state index is -0.269. The molecule has 0 saturated carbocycles. The van der Waals surface area contributed by atoms with E-state index in [1.54, 1.807) is 18.2 Å². The summed E-state index contributed by atoms with van der Waals surface area (Å²) in [7, 11) is 0. The monoisotopic (exact) mass is 246 g/mol. The Labute approximate surface area is 101 Å². The summed E-state index contributed by atoms with van der Waals surface area (Å²) in [6.45, 7) is 0. The summed E-state index contributed by atoms with van der Waals surface area (Å²) in [5.41, 5.74) is 2.20. The SMILES string of the molecule is Fc1ccc(-c2ccc3n[nH]c(=S)n3n2)cc1. The Hall–Kier alpha value is -2.08. The second-order valence-corrected chi connectivity index (χ2v) is 3.91. The molecule has 17 heavy (non-hydrogen) atoms. The first-order chi connectivity index (χ1) is 8.24. The number of rotatable bonds is 1. The topological polar surface area (TPSA) is 46.0 Å². The molecule has 0 atom stereocenters. The Morgan fingerprint density at radius 1 is 1.12 bits per heavy atom. The van der Waals surface area contributed by atoms with Gasteiger partial charge in [0.2, 0.25) is 4.77 Å². The van der Waals surface area contributed by atoms with Crippen molar-refractivity contribution in [1.82, 2.24) is 19.8 Å². The highest BCUT2D eigenvalue weighted by atomic mass is 32.1. The molecular formula is C11H7FN4S. The lowest BCUT2D eigenvalue weighted by atomic mass is 10.1. The molecule has 0 saturated heterocycles. The van der Waals surface area contributed by atoms with Crippen LogP contribution in [0.4, 0.5) is 4.39 Å². The zero-order chi connectivity index (χ0) is 11.8. The van der Waals surface area contributed by atoms with Crippen molar-refractivity contribution in [3.63, 3.8) is 0 Å². The molecule has 0 bridgehead atoms. The molecule has 84 valence electrons. The Bertz CT molecular complexity index is 729. The van der Waals surface area contributed by atoms with E-state index in [-0.39, 0.29) is 5.82 Å². The Morgan fingerprint density at radius 3 is 2.65 bits per heavy atom. The van der Waals surface area contributed by atoms with Gasteiger partial charge in [-0.15, -0.1) is 0 Å². The highest BCUT2D eigenvalue weighted by molar-refractivity contribution is 7.71. The maximum absolute atomic E-state index is 12.8. The first kappa shape index (κ1) is 10.1. The molecular weight excluding hydrogens is 239 g/mol. The smallest absolute Gasteiger partial charge is 0.216 e. The second-order valence-electron chi connectivity index (χ2n) is 3.52. The molecule has 6 heteroatoms. The molecule has 0 aliphatic heterocycles. The van der Waals surface area contributed by atoms with Crippen LogP contribution in [0.15, 0.2) is 36.4 Å². The maximum atomic E-state index is 12.8. The van der Waals surface area contributed by atoms with Crippen LogP contribution >= 0.6 is 12.2 Å². The minimum absolute atomic E-state index is 0.269. The van der Waals surface area contributed by atoms with E-state index in [4.69, 9.17) is 12.2 Å².